The molecule has 0 amide bonds. The standard InChI is InChI=1S/C17H23FN4O/c1-4-15-10-16(23-21-15)11-20-17(19-5-2)22(3)12-13-7-6-8-14(18)9-13/h6-10H,4-5,11-12H2,1-3H3,(H,19,20). The zero-order chi connectivity index (χ0) is 16.7. The first-order valence-electron chi connectivity index (χ1n) is 7.80. The second-order valence-corrected chi connectivity index (χ2v) is 5.29. The maximum Gasteiger partial charge on any atom is 0.194 e. The Morgan fingerprint density at radius 2 is 2.17 bits per heavy atom. The van der Waals surface area contributed by atoms with Crippen molar-refractivity contribution >= 4 is 5.96 Å². The van der Waals surface area contributed by atoms with Crippen molar-refractivity contribution in [3.8, 4) is 0 Å². The number of nitrogens with zero attached hydrogens (tertiary/aromatic N) is 3. The van der Waals surface area contributed by atoms with Crippen LogP contribution in [0.3, 0.4) is 0 Å². The number of nitrogens with one attached hydrogen (secondary N) is 1. The van der Waals surface area contributed by atoms with Gasteiger partial charge in [-0.15, -0.1) is 0 Å². The third kappa shape index (κ3) is 5.09. The summed E-state index contributed by atoms with van der Waals surface area (Å²) in [7, 11) is 1.92. The molecule has 0 spiro atoms. The smallest absolute Gasteiger partial charge is 0.194 e. The molecular formula is C17H23FN4O. The van der Waals surface area contributed by atoms with Gasteiger partial charge in [0.05, 0.1) is 5.69 Å². The van der Waals surface area contributed by atoms with Crippen molar-refractivity contribution in [3.63, 3.8) is 0 Å². The van der Waals surface area contributed by atoms with E-state index in [0.29, 0.717) is 13.1 Å². The van der Waals surface area contributed by atoms with Crippen molar-refractivity contribution < 1.29 is 8.91 Å². The minimum Gasteiger partial charge on any atom is -0.359 e. The lowest BCUT2D eigenvalue weighted by molar-refractivity contribution is 0.378. The molecule has 1 aromatic heterocycles. The van der Waals surface area contributed by atoms with E-state index in [1.165, 1.54) is 12.1 Å². The minimum atomic E-state index is -0.230. The molecule has 0 saturated heterocycles. The number of aryl methyl sites for hydroxylation is 1. The van der Waals surface area contributed by atoms with E-state index in [2.05, 4.69) is 15.5 Å². The molecule has 0 fully saturated rings. The van der Waals surface area contributed by atoms with Crippen molar-refractivity contribution in [1.29, 1.82) is 0 Å². The lowest BCUT2D eigenvalue weighted by Crippen LogP contribution is -2.38. The van der Waals surface area contributed by atoms with Gasteiger partial charge in [-0.3, -0.25) is 0 Å². The maximum atomic E-state index is 13.3. The van der Waals surface area contributed by atoms with E-state index in [9.17, 15) is 4.39 Å². The molecule has 0 bridgehead atoms. The molecule has 23 heavy (non-hydrogen) atoms. The minimum absolute atomic E-state index is 0.230. The van der Waals surface area contributed by atoms with E-state index in [4.69, 9.17) is 4.52 Å². The number of aliphatic imine (C=N–C) groups is 1. The Labute approximate surface area is 136 Å². The average molecular weight is 318 g/mol. The first-order chi connectivity index (χ1) is 11.1. The van der Waals surface area contributed by atoms with Gasteiger partial charge in [-0.1, -0.05) is 24.2 Å². The molecule has 0 unspecified atom stereocenters. The normalized spacial score (nSPS) is 11.6. The highest BCUT2D eigenvalue weighted by molar-refractivity contribution is 5.79. The number of hydrogen-bond donors (Lipinski definition) is 1. The maximum absolute atomic E-state index is 13.3. The highest BCUT2D eigenvalue weighted by atomic mass is 19.1. The predicted octanol–water partition coefficient (Wildman–Crippen LogP) is 2.97. The molecule has 1 aromatic carbocycles. The molecule has 0 saturated carbocycles. The summed E-state index contributed by atoms with van der Waals surface area (Å²) in [6.07, 6.45) is 0.840. The first-order valence-corrected chi connectivity index (χ1v) is 7.80. The van der Waals surface area contributed by atoms with Crippen LogP contribution in [0.5, 0.6) is 0 Å². The number of benzene rings is 1. The van der Waals surface area contributed by atoms with Crippen LogP contribution in [0.2, 0.25) is 0 Å². The fourth-order valence-electron chi connectivity index (χ4n) is 2.20. The molecule has 5 nitrogen and oxygen atoms in total. The topological polar surface area (TPSA) is 53.7 Å². The lowest BCUT2D eigenvalue weighted by Gasteiger charge is -2.22. The Morgan fingerprint density at radius 3 is 2.83 bits per heavy atom. The van der Waals surface area contributed by atoms with Gasteiger partial charge in [0.15, 0.2) is 11.7 Å². The van der Waals surface area contributed by atoms with Crippen LogP contribution < -0.4 is 5.32 Å². The Hall–Kier alpha value is -2.37. The van der Waals surface area contributed by atoms with Crippen molar-refractivity contribution in [2.45, 2.75) is 33.4 Å². The monoisotopic (exact) mass is 318 g/mol. The fraction of sp³-hybridized carbons (Fsp3) is 0.412. The number of guanidine groups is 1. The van der Waals surface area contributed by atoms with Gasteiger partial charge in [0.25, 0.3) is 0 Å². The quantitative estimate of drug-likeness (QED) is 0.657. The molecule has 0 radical (unpaired) electrons. The van der Waals surface area contributed by atoms with Crippen LogP contribution in [0.1, 0.15) is 30.9 Å². The molecule has 0 aliphatic heterocycles. The second-order valence-electron chi connectivity index (χ2n) is 5.29. The highest BCUT2D eigenvalue weighted by Gasteiger charge is 2.08. The van der Waals surface area contributed by atoms with Gasteiger partial charge >= 0.3 is 0 Å². The second kappa shape index (κ2) is 8.31. The van der Waals surface area contributed by atoms with Crippen molar-refractivity contribution in [1.82, 2.24) is 15.4 Å². The van der Waals surface area contributed by atoms with Crippen LogP contribution in [0.15, 0.2) is 39.8 Å². The summed E-state index contributed by atoms with van der Waals surface area (Å²) in [6.45, 7) is 5.78. The number of rotatable bonds is 6. The Bertz CT molecular complexity index is 654. The summed E-state index contributed by atoms with van der Waals surface area (Å²) < 4.78 is 18.5. The fourth-order valence-corrected chi connectivity index (χ4v) is 2.20. The molecule has 0 atom stereocenters. The number of halogens is 1. The Morgan fingerprint density at radius 1 is 1.35 bits per heavy atom. The van der Waals surface area contributed by atoms with E-state index >= 15 is 0 Å². The predicted molar refractivity (Wildman–Crippen MR) is 88.6 cm³/mol. The largest absolute Gasteiger partial charge is 0.359 e. The van der Waals surface area contributed by atoms with Gasteiger partial charge in [-0.05, 0) is 31.0 Å². The van der Waals surface area contributed by atoms with Crippen LogP contribution >= 0.6 is 0 Å². The van der Waals surface area contributed by atoms with Crippen LogP contribution in [-0.2, 0) is 19.5 Å². The van der Waals surface area contributed by atoms with E-state index in [0.717, 1.165) is 35.9 Å². The molecule has 124 valence electrons. The number of aromatic nitrogens is 1. The Kier molecular flexibility index (Phi) is 6.14. The summed E-state index contributed by atoms with van der Waals surface area (Å²) >= 11 is 0. The van der Waals surface area contributed by atoms with Gasteiger partial charge in [0.2, 0.25) is 0 Å². The summed E-state index contributed by atoms with van der Waals surface area (Å²) in [5.41, 5.74) is 1.82. The van der Waals surface area contributed by atoms with Crippen LogP contribution in [0, 0.1) is 5.82 Å². The molecule has 1 N–H and O–H groups in total. The van der Waals surface area contributed by atoms with Gasteiger partial charge < -0.3 is 14.7 Å². The molecule has 6 heteroatoms. The summed E-state index contributed by atoms with van der Waals surface area (Å²) in [5, 5.41) is 7.19. The van der Waals surface area contributed by atoms with Gasteiger partial charge in [0, 0.05) is 26.2 Å². The van der Waals surface area contributed by atoms with Crippen molar-refractivity contribution in [2.24, 2.45) is 4.99 Å². The van der Waals surface area contributed by atoms with E-state index in [-0.39, 0.29) is 5.82 Å². The molecule has 2 rings (SSSR count). The molecule has 0 aliphatic rings. The van der Waals surface area contributed by atoms with E-state index in [1.54, 1.807) is 6.07 Å². The van der Waals surface area contributed by atoms with Crippen molar-refractivity contribution in [3.05, 3.63) is 53.2 Å². The van der Waals surface area contributed by atoms with Gasteiger partial charge in [-0.2, -0.15) is 0 Å². The zero-order valence-corrected chi connectivity index (χ0v) is 13.8. The SMILES string of the molecule is CCNC(=NCc1cc(CC)no1)N(C)Cc1cccc(F)c1. The van der Waals surface area contributed by atoms with Crippen LogP contribution in [-0.4, -0.2) is 29.6 Å². The first kappa shape index (κ1) is 17.0. The average Bonchev–Trinajstić information content (AvgIpc) is 2.99. The number of hydrogen-bond acceptors (Lipinski definition) is 3. The summed E-state index contributed by atoms with van der Waals surface area (Å²) in [6, 6.07) is 8.50. The lowest BCUT2D eigenvalue weighted by atomic mass is 10.2. The third-order valence-corrected chi connectivity index (χ3v) is 3.36. The zero-order valence-electron chi connectivity index (χ0n) is 13.8. The van der Waals surface area contributed by atoms with Gasteiger partial charge in [0.1, 0.15) is 12.4 Å². The molecular weight excluding hydrogens is 295 g/mol. The van der Waals surface area contributed by atoms with E-state index < -0.39 is 0 Å². The third-order valence-electron chi connectivity index (χ3n) is 3.36. The molecule has 1 heterocycles. The van der Waals surface area contributed by atoms with E-state index in [1.807, 2.05) is 37.9 Å². The molecule has 2 aromatic rings. The van der Waals surface area contributed by atoms with Crippen molar-refractivity contribution in [2.75, 3.05) is 13.6 Å². The highest BCUT2D eigenvalue weighted by Crippen LogP contribution is 2.08. The van der Waals surface area contributed by atoms with Crippen LogP contribution in [0.4, 0.5) is 4.39 Å². The Balaban J connectivity index is 2.04. The van der Waals surface area contributed by atoms with Crippen LogP contribution in [0.25, 0.3) is 0 Å². The summed E-state index contributed by atoms with van der Waals surface area (Å²) in [4.78, 5) is 6.51. The van der Waals surface area contributed by atoms with Gasteiger partial charge in [-0.25, -0.2) is 9.38 Å². The summed E-state index contributed by atoms with van der Waals surface area (Å²) in [5.74, 6) is 1.24. The molecule has 0 aliphatic carbocycles.